The highest BCUT2D eigenvalue weighted by atomic mass is 32.1. The van der Waals surface area contributed by atoms with E-state index in [1.165, 1.54) is 96.0 Å². The third-order valence-corrected chi connectivity index (χ3v) is 9.02. The van der Waals surface area contributed by atoms with Crippen molar-refractivity contribution in [2.24, 2.45) is 0 Å². The molecule has 0 bridgehead atoms. The van der Waals surface area contributed by atoms with E-state index >= 15 is 0 Å². The molecule has 2 saturated carbocycles. The van der Waals surface area contributed by atoms with Crippen LogP contribution in [0.3, 0.4) is 0 Å². The Morgan fingerprint density at radius 2 is 1.48 bits per heavy atom. The first-order chi connectivity index (χ1) is 16.3. The van der Waals surface area contributed by atoms with Gasteiger partial charge in [-0.2, -0.15) is 0 Å². The summed E-state index contributed by atoms with van der Waals surface area (Å²) in [6.45, 7) is 4.80. The maximum Gasteiger partial charge on any atom is 0.0500 e. The molecule has 172 valence electrons. The number of thiophene rings is 1. The zero-order valence-electron chi connectivity index (χ0n) is 19.8. The van der Waals surface area contributed by atoms with Crippen molar-refractivity contribution in [3.8, 4) is 0 Å². The number of fused-ring (bicyclic) bond motifs is 1. The molecule has 0 spiro atoms. The van der Waals surface area contributed by atoms with Gasteiger partial charge in [0.2, 0.25) is 0 Å². The fourth-order valence-electron chi connectivity index (χ4n) is 6.03. The van der Waals surface area contributed by atoms with Crippen LogP contribution < -0.4 is 5.32 Å². The van der Waals surface area contributed by atoms with E-state index in [1.54, 1.807) is 5.56 Å². The Balaban J connectivity index is 1.47. The summed E-state index contributed by atoms with van der Waals surface area (Å²) in [6, 6.07) is 16.0. The van der Waals surface area contributed by atoms with Crippen LogP contribution in [0.15, 0.2) is 61.2 Å². The van der Waals surface area contributed by atoms with Gasteiger partial charge >= 0.3 is 0 Å². The molecule has 0 unspecified atom stereocenters. The van der Waals surface area contributed by atoms with E-state index in [1.807, 2.05) is 17.4 Å². The molecule has 0 atom stereocenters. The minimum Gasteiger partial charge on any atom is -0.380 e. The zero-order valence-corrected chi connectivity index (χ0v) is 20.6. The third-order valence-electron chi connectivity index (χ3n) is 7.75. The van der Waals surface area contributed by atoms with Crippen molar-refractivity contribution < 1.29 is 0 Å². The summed E-state index contributed by atoms with van der Waals surface area (Å²) in [7, 11) is 0. The van der Waals surface area contributed by atoms with E-state index in [2.05, 4.69) is 66.5 Å². The molecule has 2 fully saturated rings. The van der Waals surface area contributed by atoms with Crippen molar-refractivity contribution in [2.75, 3.05) is 5.32 Å². The molecule has 2 aromatic carbocycles. The predicted molar refractivity (Wildman–Crippen MR) is 146 cm³/mol. The first-order valence-corrected chi connectivity index (χ1v) is 13.8. The lowest BCUT2D eigenvalue weighted by molar-refractivity contribution is 0.444. The van der Waals surface area contributed by atoms with E-state index < -0.39 is 0 Å². The van der Waals surface area contributed by atoms with E-state index in [9.17, 15) is 0 Å². The van der Waals surface area contributed by atoms with E-state index in [-0.39, 0.29) is 0 Å². The summed E-state index contributed by atoms with van der Waals surface area (Å²) in [5, 5.41) is 5.27. The van der Waals surface area contributed by atoms with Gasteiger partial charge in [-0.15, -0.1) is 11.3 Å². The lowest BCUT2D eigenvalue weighted by atomic mass is 9.83. The second kappa shape index (κ2) is 10.7. The van der Waals surface area contributed by atoms with Crippen LogP contribution in [0, 0.1) is 0 Å². The molecule has 1 aromatic heterocycles. The van der Waals surface area contributed by atoms with Gasteiger partial charge in [0.05, 0.1) is 6.54 Å². The maximum atomic E-state index is 3.92. The summed E-state index contributed by atoms with van der Waals surface area (Å²) in [5.74, 6) is 1.44. The molecule has 2 aliphatic carbocycles. The van der Waals surface area contributed by atoms with Gasteiger partial charge in [-0.05, 0) is 60.3 Å². The number of hydrogen-bond donors (Lipinski definition) is 1. The van der Waals surface area contributed by atoms with Gasteiger partial charge < -0.3 is 5.32 Å². The fourth-order valence-corrected chi connectivity index (χ4v) is 7.34. The Morgan fingerprint density at radius 3 is 2.21 bits per heavy atom. The number of benzene rings is 2. The Hall–Kier alpha value is -2.32. The average molecular weight is 456 g/mol. The van der Waals surface area contributed by atoms with Crippen molar-refractivity contribution in [1.29, 1.82) is 0 Å². The summed E-state index contributed by atoms with van der Waals surface area (Å²) >= 11 is 2.01. The predicted octanol–water partition coefficient (Wildman–Crippen LogP) is 9.81. The quantitative estimate of drug-likeness (QED) is 0.349. The molecule has 1 nitrogen and oxygen atoms in total. The zero-order chi connectivity index (χ0) is 22.5. The number of hydrogen-bond acceptors (Lipinski definition) is 2. The molecule has 0 radical (unpaired) electrons. The summed E-state index contributed by atoms with van der Waals surface area (Å²) in [4.78, 5) is 1.44. The van der Waals surface area contributed by atoms with Crippen molar-refractivity contribution in [3.05, 3.63) is 82.8 Å². The first kappa shape index (κ1) is 22.5. The molecule has 2 aliphatic rings. The Labute approximate surface area is 203 Å². The highest BCUT2D eigenvalue weighted by Gasteiger charge is 2.22. The van der Waals surface area contributed by atoms with Gasteiger partial charge in [-0.25, -0.2) is 0 Å². The van der Waals surface area contributed by atoms with Crippen molar-refractivity contribution in [2.45, 2.75) is 82.6 Å². The smallest absolute Gasteiger partial charge is 0.0500 e. The highest BCUT2D eigenvalue weighted by Crippen LogP contribution is 2.42. The number of anilines is 1. The Bertz CT molecular complexity index is 1110. The molecular formula is C31H37NS. The average Bonchev–Trinajstić information content (AvgIpc) is 3.25. The minimum atomic E-state index is 0.711. The van der Waals surface area contributed by atoms with Gasteiger partial charge in [0, 0.05) is 20.7 Å². The molecule has 0 aliphatic heterocycles. The highest BCUT2D eigenvalue weighted by molar-refractivity contribution is 7.19. The molecule has 0 saturated heterocycles. The molecule has 0 amide bonds. The van der Waals surface area contributed by atoms with E-state index in [0.29, 0.717) is 5.92 Å². The molecule has 33 heavy (non-hydrogen) atoms. The summed E-state index contributed by atoms with van der Waals surface area (Å²) in [5.41, 5.74) is 5.80. The second-order valence-electron chi connectivity index (χ2n) is 9.87. The lowest BCUT2D eigenvalue weighted by Crippen LogP contribution is -2.09. The molecule has 1 N–H and O–H groups in total. The lowest BCUT2D eigenvalue weighted by Gasteiger charge is -2.24. The van der Waals surface area contributed by atoms with Crippen LogP contribution in [0.25, 0.3) is 16.2 Å². The Kier molecular flexibility index (Phi) is 7.31. The van der Waals surface area contributed by atoms with Crippen LogP contribution in [-0.2, 0) is 6.54 Å². The van der Waals surface area contributed by atoms with Crippen LogP contribution >= 0.6 is 11.3 Å². The number of para-hydroxylation sites is 1. The van der Waals surface area contributed by atoms with E-state index in [0.717, 1.165) is 12.5 Å². The summed E-state index contributed by atoms with van der Waals surface area (Å²) < 4.78 is 1.51. The minimum absolute atomic E-state index is 0.711. The molecular weight excluding hydrogens is 418 g/mol. The van der Waals surface area contributed by atoms with Gasteiger partial charge in [0.1, 0.15) is 0 Å². The van der Waals surface area contributed by atoms with Crippen LogP contribution in [0.4, 0.5) is 5.69 Å². The maximum absolute atomic E-state index is 3.92. The van der Waals surface area contributed by atoms with Crippen molar-refractivity contribution in [3.63, 3.8) is 0 Å². The Morgan fingerprint density at radius 1 is 0.818 bits per heavy atom. The van der Waals surface area contributed by atoms with Crippen LogP contribution in [0.5, 0.6) is 0 Å². The van der Waals surface area contributed by atoms with Crippen LogP contribution in [-0.4, -0.2) is 0 Å². The molecule has 5 rings (SSSR count). The fraction of sp³-hybridized carbons (Fsp3) is 0.419. The SMILES string of the molecule is C=C/C=C\c1c(CNc2ccccc2C2CCCCC2)sc2c(C3CCCCC3)cccc12. The monoisotopic (exact) mass is 455 g/mol. The third kappa shape index (κ3) is 4.96. The van der Waals surface area contributed by atoms with Gasteiger partial charge in [0.25, 0.3) is 0 Å². The first-order valence-electron chi connectivity index (χ1n) is 13.0. The van der Waals surface area contributed by atoms with Crippen LogP contribution in [0.1, 0.15) is 97.6 Å². The molecule has 1 heterocycles. The van der Waals surface area contributed by atoms with Gasteiger partial charge in [0.15, 0.2) is 0 Å². The number of allylic oxidation sites excluding steroid dienone is 2. The van der Waals surface area contributed by atoms with Gasteiger partial charge in [-0.1, -0.05) is 99.7 Å². The summed E-state index contributed by atoms with van der Waals surface area (Å²) in [6.07, 6.45) is 19.9. The van der Waals surface area contributed by atoms with Crippen molar-refractivity contribution in [1.82, 2.24) is 0 Å². The second-order valence-corrected chi connectivity index (χ2v) is 11.0. The topological polar surface area (TPSA) is 12.0 Å². The molecule has 3 aromatic rings. The number of rotatable bonds is 7. The van der Waals surface area contributed by atoms with Crippen molar-refractivity contribution >= 4 is 33.2 Å². The van der Waals surface area contributed by atoms with E-state index in [4.69, 9.17) is 0 Å². The van der Waals surface area contributed by atoms with Gasteiger partial charge in [-0.3, -0.25) is 0 Å². The number of nitrogens with one attached hydrogen (secondary N) is 1. The normalized spacial score (nSPS) is 18.2. The standard InChI is InChI=1S/C31H37NS/c1-2-3-17-27-28-20-12-19-26(24-15-8-5-9-16-24)31(28)33-30(27)22-32-29-21-11-10-18-25(29)23-13-6-4-7-14-23/h2-3,10-12,17-21,23-24,32H,1,4-9,13-16,22H2/b17-3-. The largest absolute Gasteiger partial charge is 0.380 e. The van der Waals surface area contributed by atoms with Crippen LogP contribution in [0.2, 0.25) is 0 Å². The molecule has 2 heteroatoms.